The van der Waals surface area contributed by atoms with Crippen LogP contribution in [-0.2, 0) is 6.42 Å². The Morgan fingerprint density at radius 2 is 2.05 bits per heavy atom. The minimum absolute atomic E-state index is 0.801. The van der Waals surface area contributed by atoms with Crippen molar-refractivity contribution in [2.75, 3.05) is 6.54 Å². The number of aryl methyl sites for hydroxylation is 3. The molecule has 0 saturated heterocycles. The average Bonchev–Trinajstić information content (AvgIpc) is 3.15. The molecule has 1 heterocycles. The summed E-state index contributed by atoms with van der Waals surface area (Å²) in [5.41, 5.74) is 3.82. The molecule has 0 atom stereocenters. The standard InChI is InChI=1S/C16H21N3S/c1-11-5-6-13(10-12(11)2)16-19-18-15(20-16)4-3-9-17-14-7-8-14/h5-6,10,14,17H,3-4,7-9H2,1-2H3. The number of nitrogens with zero attached hydrogens (tertiary/aromatic N) is 2. The van der Waals surface area contributed by atoms with Crippen LogP contribution in [0.2, 0.25) is 0 Å². The van der Waals surface area contributed by atoms with Gasteiger partial charge in [0.05, 0.1) is 0 Å². The third-order valence-electron chi connectivity index (χ3n) is 3.80. The Labute approximate surface area is 124 Å². The zero-order valence-electron chi connectivity index (χ0n) is 12.1. The van der Waals surface area contributed by atoms with Crippen molar-refractivity contribution in [3.63, 3.8) is 0 Å². The molecule has 20 heavy (non-hydrogen) atoms. The van der Waals surface area contributed by atoms with Crippen molar-refractivity contribution in [3.05, 3.63) is 34.3 Å². The first-order valence-electron chi connectivity index (χ1n) is 7.36. The van der Waals surface area contributed by atoms with Crippen molar-refractivity contribution in [1.82, 2.24) is 15.5 Å². The van der Waals surface area contributed by atoms with Crippen LogP contribution in [0.1, 0.15) is 35.4 Å². The fourth-order valence-electron chi connectivity index (χ4n) is 2.18. The Bertz CT molecular complexity index is 587. The van der Waals surface area contributed by atoms with E-state index in [4.69, 9.17) is 0 Å². The fraction of sp³-hybridized carbons (Fsp3) is 0.500. The summed E-state index contributed by atoms with van der Waals surface area (Å²) in [6.07, 6.45) is 4.89. The summed E-state index contributed by atoms with van der Waals surface area (Å²) in [5.74, 6) is 0. The third kappa shape index (κ3) is 3.44. The maximum atomic E-state index is 4.33. The molecule has 1 aliphatic carbocycles. The van der Waals surface area contributed by atoms with E-state index in [1.165, 1.54) is 29.5 Å². The number of hydrogen-bond donors (Lipinski definition) is 1. The van der Waals surface area contributed by atoms with Crippen molar-refractivity contribution in [2.24, 2.45) is 0 Å². The zero-order chi connectivity index (χ0) is 13.9. The molecule has 0 bridgehead atoms. The second-order valence-corrected chi connectivity index (χ2v) is 6.69. The fourth-order valence-corrected chi connectivity index (χ4v) is 3.06. The molecule has 1 saturated carbocycles. The summed E-state index contributed by atoms with van der Waals surface area (Å²) in [6, 6.07) is 7.30. The second-order valence-electron chi connectivity index (χ2n) is 5.63. The lowest BCUT2D eigenvalue weighted by Gasteiger charge is -2.01. The Hall–Kier alpha value is -1.26. The smallest absolute Gasteiger partial charge is 0.147 e. The summed E-state index contributed by atoms with van der Waals surface area (Å²) in [5, 5.41) is 14.4. The molecule has 1 aromatic heterocycles. The van der Waals surface area contributed by atoms with E-state index in [0.29, 0.717) is 0 Å². The summed E-state index contributed by atoms with van der Waals surface area (Å²) >= 11 is 1.72. The van der Waals surface area contributed by atoms with Crippen LogP contribution >= 0.6 is 11.3 Å². The number of benzene rings is 1. The van der Waals surface area contributed by atoms with Crippen molar-refractivity contribution >= 4 is 11.3 Å². The molecule has 1 aromatic carbocycles. The van der Waals surface area contributed by atoms with Gasteiger partial charge in [-0.05, 0) is 56.8 Å². The average molecular weight is 287 g/mol. The van der Waals surface area contributed by atoms with Crippen LogP contribution in [0.4, 0.5) is 0 Å². The van der Waals surface area contributed by atoms with Gasteiger partial charge in [-0.1, -0.05) is 23.5 Å². The van der Waals surface area contributed by atoms with Crippen LogP contribution in [0.25, 0.3) is 10.6 Å². The number of hydrogen-bond acceptors (Lipinski definition) is 4. The van der Waals surface area contributed by atoms with Gasteiger partial charge in [0.2, 0.25) is 0 Å². The van der Waals surface area contributed by atoms with Crippen LogP contribution in [0.3, 0.4) is 0 Å². The predicted octanol–water partition coefficient (Wildman–Crippen LogP) is 3.51. The highest BCUT2D eigenvalue weighted by Gasteiger charge is 2.19. The van der Waals surface area contributed by atoms with E-state index in [-0.39, 0.29) is 0 Å². The van der Waals surface area contributed by atoms with Gasteiger partial charge < -0.3 is 5.32 Å². The van der Waals surface area contributed by atoms with E-state index < -0.39 is 0 Å². The summed E-state index contributed by atoms with van der Waals surface area (Å²) in [7, 11) is 0. The van der Waals surface area contributed by atoms with E-state index in [1.54, 1.807) is 11.3 Å². The molecule has 2 aromatic rings. The Morgan fingerprint density at radius 3 is 2.80 bits per heavy atom. The minimum atomic E-state index is 0.801. The molecule has 1 fully saturated rings. The first kappa shape index (κ1) is 13.7. The van der Waals surface area contributed by atoms with Gasteiger partial charge in [-0.3, -0.25) is 0 Å². The van der Waals surface area contributed by atoms with Gasteiger partial charge in [-0.2, -0.15) is 0 Å². The lowest BCUT2D eigenvalue weighted by molar-refractivity contribution is 0.643. The molecule has 4 heteroatoms. The van der Waals surface area contributed by atoms with Gasteiger partial charge in [0.25, 0.3) is 0 Å². The highest BCUT2D eigenvalue weighted by molar-refractivity contribution is 7.14. The first-order chi connectivity index (χ1) is 9.72. The maximum Gasteiger partial charge on any atom is 0.147 e. The SMILES string of the molecule is Cc1ccc(-c2nnc(CCCNC3CC3)s2)cc1C. The van der Waals surface area contributed by atoms with Crippen molar-refractivity contribution in [3.8, 4) is 10.6 Å². The molecule has 3 rings (SSSR count). The topological polar surface area (TPSA) is 37.8 Å². The first-order valence-corrected chi connectivity index (χ1v) is 8.17. The molecule has 0 radical (unpaired) electrons. The van der Waals surface area contributed by atoms with Crippen LogP contribution in [0, 0.1) is 13.8 Å². The number of aromatic nitrogens is 2. The summed E-state index contributed by atoms with van der Waals surface area (Å²) in [6.45, 7) is 5.38. The molecule has 0 aliphatic heterocycles. The molecule has 1 N–H and O–H groups in total. The molecule has 3 nitrogen and oxygen atoms in total. The lowest BCUT2D eigenvalue weighted by Crippen LogP contribution is -2.17. The quantitative estimate of drug-likeness (QED) is 0.826. The van der Waals surface area contributed by atoms with Crippen LogP contribution in [0.15, 0.2) is 18.2 Å². The Kier molecular flexibility index (Phi) is 4.13. The largest absolute Gasteiger partial charge is 0.314 e. The van der Waals surface area contributed by atoms with Gasteiger partial charge in [-0.15, -0.1) is 10.2 Å². The monoisotopic (exact) mass is 287 g/mol. The summed E-state index contributed by atoms with van der Waals surface area (Å²) in [4.78, 5) is 0. The maximum absolute atomic E-state index is 4.33. The van der Waals surface area contributed by atoms with Gasteiger partial charge >= 0.3 is 0 Å². The minimum Gasteiger partial charge on any atom is -0.314 e. The van der Waals surface area contributed by atoms with Crippen LogP contribution < -0.4 is 5.32 Å². The lowest BCUT2D eigenvalue weighted by atomic mass is 10.1. The molecule has 0 amide bonds. The second kappa shape index (κ2) is 6.02. The predicted molar refractivity (Wildman–Crippen MR) is 84.2 cm³/mol. The molecule has 0 spiro atoms. The van der Waals surface area contributed by atoms with Gasteiger partial charge in [0, 0.05) is 18.0 Å². The van der Waals surface area contributed by atoms with E-state index in [2.05, 4.69) is 47.6 Å². The third-order valence-corrected chi connectivity index (χ3v) is 4.83. The van der Waals surface area contributed by atoms with E-state index in [0.717, 1.165) is 35.4 Å². The summed E-state index contributed by atoms with van der Waals surface area (Å²) < 4.78 is 0. The van der Waals surface area contributed by atoms with Crippen molar-refractivity contribution in [2.45, 2.75) is 45.6 Å². The number of rotatable bonds is 6. The molecular weight excluding hydrogens is 266 g/mol. The molecule has 1 aliphatic rings. The van der Waals surface area contributed by atoms with Gasteiger partial charge in [0.15, 0.2) is 0 Å². The molecular formula is C16H21N3S. The highest BCUT2D eigenvalue weighted by Crippen LogP contribution is 2.26. The number of nitrogens with one attached hydrogen (secondary N) is 1. The van der Waals surface area contributed by atoms with Crippen LogP contribution in [-0.4, -0.2) is 22.8 Å². The van der Waals surface area contributed by atoms with E-state index >= 15 is 0 Å². The highest BCUT2D eigenvalue weighted by atomic mass is 32.1. The van der Waals surface area contributed by atoms with Crippen molar-refractivity contribution in [1.29, 1.82) is 0 Å². The van der Waals surface area contributed by atoms with Gasteiger partial charge in [0.1, 0.15) is 10.0 Å². The zero-order valence-corrected chi connectivity index (χ0v) is 13.0. The Morgan fingerprint density at radius 1 is 1.20 bits per heavy atom. The van der Waals surface area contributed by atoms with E-state index in [9.17, 15) is 0 Å². The van der Waals surface area contributed by atoms with Crippen molar-refractivity contribution < 1.29 is 0 Å². The molecule has 106 valence electrons. The molecule has 0 unspecified atom stereocenters. The van der Waals surface area contributed by atoms with Crippen LogP contribution in [0.5, 0.6) is 0 Å². The Balaban J connectivity index is 1.58. The van der Waals surface area contributed by atoms with Gasteiger partial charge in [-0.25, -0.2) is 0 Å². The van der Waals surface area contributed by atoms with E-state index in [1.807, 2.05) is 0 Å². The normalized spacial score (nSPS) is 14.7.